The van der Waals surface area contributed by atoms with E-state index in [2.05, 4.69) is 34.5 Å². The molecular weight excluding hydrogens is 284 g/mol. The van der Waals surface area contributed by atoms with Crippen LogP contribution in [0.15, 0.2) is 24.3 Å². The summed E-state index contributed by atoms with van der Waals surface area (Å²) >= 11 is 1.58. The third kappa shape index (κ3) is 4.93. The molecule has 116 valence electrons. The molecule has 1 atom stereocenters. The molecule has 1 unspecified atom stereocenters. The molecule has 0 aliphatic carbocycles. The minimum atomic E-state index is 0.0811. The zero-order valence-electron chi connectivity index (χ0n) is 12.5. The van der Waals surface area contributed by atoms with Crippen LogP contribution in [0, 0.1) is 5.92 Å². The predicted octanol–water partition coefficient (Wildman–Crippen LogP) is 1.53. The first-order valence-corrected chi connectivity index (χ1v) is 8.64. The smallest absolute Gasteiger partial charge is 0.230 e. The number of hydrogen-bond donors (Lipinski definition) is 2. The summed E-state index contributed by atoms with van der Waals surface area (Å²) in [4.78, 5) is 14.0. The fraction of sp³-hybridized carbons (Fsp3) is 0.562. The monoisotopic (exact) mass is 308 g/mol. The van der Waals surface area contributed by atoms with E-state index in [9.17, 15) is 4.79 Å². The van der Waals surface area contributed by atoms with Crippen molar-refractivity contribution < 1.29 is 9.90 Å². The number of carbonyl (C=O) groups excluding carboxylic acids is 1. The van der Waals surface area contributed by atoms with E-state index in [1.807, 2.05) is 6.92 Å². The van der Waals surface area contributed by atoms with Gasteiger partial charge in [-0.3, -0.25) is 4.79 Å². The average Bonchev–Trinajstić information content (AvgIpc) is 2.90. The van der Waals surface area contributed by atoms with Crippen LogP contribution in [0.5, 0.6) is 0 Å². The van der Waals surface area contributed by atoms with Crippen molar-refractivity contribution >= 4 is 23.4 Å². The fourth-order valence-electron chi connectivity index (χ4n) is 2.43. The molecule has 1 aliphatic rings. The number of benzene rings is 1. The highest BCUT2D eigenvalue weighted by Gasteiger charge is 2.17. The van der Waals surface area contributed by atoms with Crippen molar-refractivity contribution in [3.63, 3.8) is 0 Å². The third-order valence-electron chi connectivity index (χ3n) is 3.63. The lowest BCUT2D eigenvalue weighted by Gasteiger charge is -2.19. The highest BCUT2D eigenvalue weighted by atomic mass is 32.2. The quantitative estimate of drug-likeness (QED) is 0.765. The maximum Gasteiger partial charge on any atom is 0.230 e. The Morgan fingerprint density at radius 3 is 3.10 bits per heavy atom. The van der Waals surface area contributed by atoms with Gasteiger partial charge in [0.15, 0.2) is 0 Å². The summed E-state index contributed by atoms with van der Waals surface area (Å²) in [7, 11) is 0. The molecule has 5 heteroatoms. The lowest BCUT2D eigenvalue weighted by Crippen LogP contribution is -2.35. The first kappa shape index (κ1) is 16.2. The molecule has 0 aromatic heterocycles. The van der Waals surface area contributed by atoms with Gasteiger partial charge in [-0.1, -0.05) is 25.1 Å². The normalized spacial score (nSPS) is 14.9. The van der Waals surface area contributed by atoms with Crippen molar-refractivity contribution in [3.05, 3.63) is 29.8 Å². The molecule has 0 radical (unpaired) electrons. The first-order valence-electron chi connectivity index (χ1n) is 7.49. The average molecular weight is 308 g/mol. The number of nitrogens with zero attached hydrogens (tertiary/aromatic N) is 1. The maximum atomic E-state index is 11.7. The van der Waals surface area contributed by atoms with Crippen molar-refractivity contribution in [2.45, 2.75) is 13.3 Å². The van der Waals surface area contributed by atoms with Crippen LogP contribution in [0.3, 0.4) is 0 Å². The van der Waals surface area contributed by atoms with Gasteiger partial charge in [0.05, 0.1) is 5.75 Å². The number of rotatable bonds is 8. The van der Waals surface area contributed by atoms with E-state index in [1.165, 1.54) is 11.3 Å². The van der Waals surface area contributed by atoms with E-state index in [-0.39, 0.29) is 18.4 Å². The van der Waals surface area contributed by atoms with Crippen molar-refractivity contribution in [2.24, 2.45) is 5.92 Å². The Morgan fingerprint density at radius 2 is 2.29 bits per heavy atom. The number of hydrogen-bond acceptors (Lipinski definition) is 4. The Balaban J connectivity index is 1.63. The number of aliphatic hydroxyl groups is 1. The van der Waals surface area contributed by atoms with Crippen LogP contribution in [0.25, 0.3) is 0 Å². The largest absolute Gasteiger partial charge is 0.396 e. The highest BCUT2D eigenvalue weighted by Crippen LogP contribution is 2.26. The summed E-state index contributed by atoms with van der Waals surface area (Å²) in [5.74, 6) is 1.63. The van der Waals surface area contributed by atoms with Crippen LogP contribution in [0.2, 0.25) is 0 Å². The number of para-hydroxylation sites is 1. The number of anilines is 1. The predicted molar refractivity (Wildman–Crippen MR) is 88.9 cm³/mol. The molecule has 0 saturated carbocycles. The highest BCUT2D eigenvalue weighted by molar-refractivity contribution is 7.99. The lowest BCUT2D eigenvalue weighted by atomic mass is 10.2. The summed E-state index contributed by atoms with van der Waals surface area (Å²) in [5.41, 5.74) is 2.70. The van der Waals surface area contributed by atoms with E-state index >= 15 is 0 Å². The van der Waals surface area contributed by atoms with Gasteiger partial charge >= 0.3 is 0 Å². The Bertz CT molecular complexity index is 467. The van der Waals surface area contributed by atoms with Gasteiger partial charge < -0.3 is 15.3 Å². The number of amides is 1. The Hall–Kier alpha value is -1.20. The van der Waals surface area contributed by atoms with E-state index < -0.39 is 0 Å². The van der Waals surface area contributed by atoms with Gasteiger partial charge in [-0.15, -0.1) is 0 Å². The zero-order chi connectivity index (χ0) is 15.1. The van der Waals surface area contributed by atoms with Crippen LogP contribution < -0.4 is 10.2 Å². The maximum absolute atomic E-state index is 11.7. The van der Waals surface area contributed by atoms with Crippen LogP contribution >= 0.6 is 11.8 Å². The Kier molecular flexibility index (Phi) is 6.39. The van der Waals surface area contributed by atoms with E-state index in [1.54, 1.807) is 11.8 Å². The molecule has 0 spiro atoms. The molecule has 2 rings (SSSR count). The molecule has 1 aromatic carbocycles. The first-order chi connectivity index (χ1) is 10.2. The second-order valence-electron chi connectivity index (χ2n) is 5.52. The summed E-state index contributed by atoms with van der Waals surface area (Å²) in [6, 6.07) is 8.46. The van der Waals surface area contributed by atoms with Crippen LogP contribution in [0.1, 0.15) is 12.5 Å². The summed E-state index contributed by atoms with van der Waals surface area (Å²) in [6.45, 7) is 4.75. The lowest BCUT2D eigenvalue weighted by molar-refractivity contribution is -0.118. The second kappa shape index (κ2) is 8.29. The Morgan fingerprint density at radius 1 is 1.48 bits per heavy atom. The van der Waals surface area contributed by atoms with Gasteiger partial charge in [0.2, 0.25) is 5.91 Å². The topological polar surface area (TPSA) is 52.6 Å². The standard InChI is InChI=1S/C16H24N2O2S/c1-13(10-19)11-21-12-16(20)17-7-9-18-8-6-14-4-2-3-5-15(14)18/h2-5,13,19H,6-12H2,1H3,(H,17,20). The molecule has 0 saturated heterocycles. The summed E-state index contributed by atoms with van der Waals surface area (Å²) in [6.07, 6.45) is 1.10. The van der Waals surface area contributed by atoms with Crippen molar-refractivity contribution in [1.82, 2.24) is 5.32 Å². The van der Waals surface area contributed by atoms with Gasteiger partial charge in [0, 0.05) is 31.9 Å². The third-order valence-corrected chi connectivity index (χ3v) is 4.91. The summed E-state index contributed by atoms with van der Waals surface area (Å²) < 4.78 is 0. The number of thioether (sulfide) groups is 1. The van der Waals surface area contributed by atoms with Gasteiger partial charge in [-0.05, 0) is 29.7 Å². The van der Waals surface area contributed by atoms with E-state index in [4.69, 9.17) is 5.11 Å². The van der Waals surface area contributed by atoms with E-state index in [0.717, 1.165) is 25.3 Å². The number of fused-ring (bicyclic) bond motifs is 1. The second-order valence-corrected chi connectivity index (χ2v) is 6.55. The number of aliphatic hydroxyl groups excluding tert-OH is 1. The molecule has 4 nitrogen and oxygen atoms in total. The van der Waals surface area contributed by atoms with Crippen LogP contribution in [-0.2, 0) is 11.2 Å². The molecule has 1 amide bonds. The number of nitrogens with one attached hydrogen (secondary N) is 1. The van der Waals surface area contributed by atoms with Crippen LogP contribution in [-0.4, -0.2) is 48.8 Å². The van der Waals surface area contributed by atoms with Gasteiger partial charge in [-0.25, -0.2) is 0 Å². The number of carbonyl (C=O) groups is 1. The van der Waals surface area contributed by atoms with E-state index in [0.29, 0.717) is 12.3 Å². The minimum Gasteiger partial charge on any atom is -0.396 e. The van der Waals surface area contributed by atoms with Gasteiger partial charge in [-0.2, -0.15) is 11.8 Å². The molecular formula is C16H24N2O2S. The van der Waals surface area contributed by atoms with Gasteiger partial charge in [0.25, 0.3) is 0 Å². The van der Waals surface area contributed by atoms with Crippen LogP contribution in [0.4, 0.5) is 5.69 Å². The molecule has 0 fully saturated rings. The molecule has 0 bridgehead atoms. The minimum absolute atomic E-state index is 0.0811. The molecule has 21 heavy (non-hydrogen) atoms. The molecule has 2 N–H and O–H groups in total. The Labute approximate surface area is 130 Å². The van der Waals surface area contributed by atoms with Gasteiger partial charge in [0.1, 0.15) is 0 Å². The van der Waals surface area contributed by atoms with Crippen molar-refractivity contribution in [3.8, 4) is 0 Å². The van der Waals surface area contributed by atoms with Crippen molar-refractivity contribution in [2.75, 3.05) is 42.6 Å². The molecule has 1 aromatic rings. The molecule has 1 heterocycles. The zero-order valence-corrected chi connectivity index (χ0v) is 13.4. The SMILES string of the molecule is CC(CO)CSCC(=O)NCCN1CCc2ccccc21. The fourth-order valence-corrected chi connectivity index (χ4v) is 3.34. The van der Waals surface area contributed by atoms with Crippen molar-refractivity contribution in [1.29, 1.82) is 0 Å². The molecule has 1 aliphatic heterocycles. The summed E-state index contributed by atoms with van der Waals surface area (Å²) in [5, 5.41) is 11.9.